The molecule has 0 unspecified atom stereocenters. The van der Waals surface area contributed by atoms with E-state index in [1.165, 1.54) is 0 Å². The molecule has 33 heavy (non-hydrogen) atoms. The molecule has 3 N–H and O–H groups in total. The van der Waals surface area contributed by atoms with Gasteiger partial charge in [-0.1, -0.05) is 54.2 Å². The van der Waals surface area contributed by atoms with Crippen LogP contribution in [0.4, 0.5) is 10.5 Å². The lowest BCUT2D eigenvalue weighted by Gasteiger charge is -2.16. The van der Waals surface area contributed by atoms with Crippen molar-refractivity contribution in [1.82, 2.24) is 10.6 Å². The second-order valence-electron chi connectivity index (χ2n) is 8.46. The van der Waals surface area contributed by atoms with Crippen molar-refractivity contribution >= 4 is 40.8 Å². The first-order valence-electron chi connectivity index (χ1n) is 11.1. The number of hydrogen-bond donors (Lipinski definition) is 3. The van der Waals surface area contributed by atoms with Crippen LogP contribution in [0.25, 0.3) is 0 Å². The largest absolute Gasteiger partial charge is 0.334 e. The van der Waals surface area contributed by atoms with E-state index < -0.39 is 5.92 Å². The topological polar surface area (TPSA) is 94.0 Å². The lowest BCUT2D eigenvalue weighted by molar-refractivity contribution is -0.116. The summed E-state index contributed by atoms with van der Waals surface area (Å²) < 4.78 is 0. The summed E-state index contributed by atoms with van der Waals surface area (Å²) in [5.74, 6) is -0.596. The quantitative estimate of drug-likeness (QED) is 0.384. The Morgan fingerprint density at radius 1 is 1.15 bits per heavy atom. The number of carbonyl (C=O) groups excluding carboxylic acids is 2. The van der Waals surface area contributed by atoms with Crippen LogP contribution < -0.4 is 16.0 Å². The summed E-state index contributed by atoms with van der Waals surface area (Å²) in [5.41, 5.74) is 2.99. The maximum absolute atomic E-state index is 12.4. The van der Waals surface area contributed by atoms with Crippen LogP contribution >= 0.6 is 23.2 Å². The summed E-state index contributed by atoms with van der Waals surface area (Å²) in [7, 11) is 0. The van der Waals surface area contributed by atoms with Gasteiger partial charge in [-0.15, -0.1) is 0 Å². The van der Waals surface area contributed by atoms with Gasteiger partial charge in [0.25, 0.3) is 0 Å². The van der Waals surface area contributed by atoms with E-state index in [2.05, 4.69) is 22.0 Å². The number of halogens is 2. The van der Waals surface area contributed by atoms with E-state index in [-0.39, 0.29) is 24.0 Å². The third-order valence-electron chi connectivity index (χ3n) is 5.96. The van der Waals surface area contributed by atoms with Gasteiger partial charge in [0.15, 0.2) is 0 Å². The Balaban J connectivity index is 1.53. The van der Waals surface area contributed by atoms with Gasteiger partial charge in [0.05, 0.1) is 18.0 Å². The fourth-order valence-electron chi connectivity index (χ4n) is 4.04. The Kier molecular flexibility index (Phi) is 8.60. The minimum atomic E-state index is -0.527. The standard InChI is InChI=1S/C25H28Cl2N4O2/c1-15-12-19(20(14-28)17-8-10-18(26)11-9-17)21(27)13-23(15)30-24(32)7-5-3-4-6-22-16(2)29-25(33)31-22/h8-13,16,20,22H,3-7H2,1-2H3,(H,30,32)(H2,29,31,33)/t16-,20+,22+/m1/s1. The minimum Gasteiger partial charge on any atom is -0.334 e. The van der Waals surface area contributed by atoms with Crippen LogP contribution in [0.3, 0.4) is 0 Å². The lowest BCUT2D eigenvalue weighted by Crippen LogP contribution is -2.30. The average molecular weight is 487 g/mol. The van der Waals surface area contributed by atoms with E-state index in [9.17, 15) is 14.9 Å². The Morgan fingerprint density at radius 2 is 1.88 bits per heavy atom. The molecule has 1 heterocycles. The zero-order chi connectivity index (χ0) is 24.0. The number of benzene rings is 2. The minimum absolute atomic E-state index is 0.0688. The Morgan fingerprint density at radius 3 is 2.52 bits per heavy atom. The Hall–Kier alpha value is -2.75. The van der Waals surface area contributed by atoms with E-state index in [1.54, 1.807) is 18.2 Å². The van der Waals surface area contributed by atoms with Crippen molar-refractivity contribution < 1.29 is 9.59 Å². The van der Waals surface area contributed by atoms with Crippen molar-refractivity contribution in [3.8, 4) is 6.07 Å². The second-order valence-corrected chi connectivity index (χ2v) is 9.31. The molecule has 0 radical (unpaired) electrons. The molecule has 0 aromatic heterocycles. The van der Waals surface area contributed by atoms with Crippen molar-refractivity contribution in [1.29, 1.82) is 5.26 Å². The molecule has 174 valence electrons. The predicted octanol–water partition coefficient (Wildman–Crippen LogP) is 5.92. The maximum Gasteiger partial charge on any atom is 0.315 e. The van der Waals surface area contributed by atoms with Gasteiger partial charge in [0.1, 0.15) is 0 Å². The molecule has 3 amide bonds. The van der Waals surface area contributed by atoms with Crippen molar-refractivity contribution in [3.05, 3.63) is 63.1 Å². The summed E-state index contributed by atoms with van der Waals surface area (Å²) in [6.45, 7) is 3.87. The number of urea groups is 1. The highest BCUT2D eigenvalue weighted by Gasteiger charge is 2.26. The first kappa shape index (κ1) is 24.9. The zero-order valence-electron chi connectivity index (χ0n) is 18.8. The third kappa shape index (κ3) is 6.63. The third-order valence-corrected chi connectivity index (χ3v) is 6.54. The molecule has 1 fully saturated rings. The van der Waals surface area contributed by atoms with Crippen molar-refractivity contribution in [2.75, 3.05) is 5.32 Å². The Bertz CT molecular complexity index is 1050. The molecule has 8 heteroatoms. The number of nitrogens with one attached hydrogen (secondary N) is 3. The highest BCUT2D eigenvalue weighted by atomic mass is 35.5. The number of carbonyl (C=O) groups is 2. The molecule has 0 saturated carbocycles. The highest BCUT2D eigenvalue weighted by Crippen LogP contribution is 2.34. The molecule has 0 bridgehead atoms. The van der Waals surface area contributed by atoms with Crippen molar-refractivity contribution in [2.45, 2.75) is 64.0 Å². The summed E-state index contributed by atoms with van der Waals surface area (Å²) in [5, 5.41) is 19.5. The van der Waals surface area contributed by atoms with Crippen LogP contribution in [0.1, 0.15) is 61.6 Å². The van der Waals surface area contributed by atoms with Crippen molar-refractivity contribution in [2.24, 2.45) is 0 Å². The van der Waals surface area contributed by atoms with Crippen LogP contribution in [0.15, 0.2) is 36.4 Å². The number of anilines is 1. The van der Waals surface area contributed by atoms with Gasteiger partial charge in [-0.25, -0.2) is 4.79 Å². The average Bonchev–Trinajstić information content (AvgIpc) is 3.09. The number of aryl methyl sites for hydroxylation is 1. The molecule has 1 aliphatic rings. The van der Waals surface area contributed by atoms with E-state index in [0.717, 1.165) is 36.8 Å². The van der Waals surface area contributed by atoms with Gasteiger partial charge in [-0.2, -0.15) is 5.26 Å². The molecule has 3 rings (SSSR count). The van der Waals surface area contributed by atoms with Gasteiger partial charge in [0.2, 0.25) is 5.91 Å². The van der Waals surface area contributed by atoms with E-state index in [4.69, 9.17) is 23.2 Å². The van der Waals surface area contributed by atoms with Gasteiger partial charge in [-0.05, 0) is 61.6 Å². The molecule has 2 aromatic carbocycles. The number of nitrogens with zero attached hydrogens (tertiary/aromatic N) is 1. The normalized spacial score (nSPS) is 18.2. The summed E-state index contributed by atoms with van der Waals surface area (Å²) in [6.07, 6.45) is 3.94. The molecule has 3 atom stereocenters. The first-order valence-corrected chi connectivity index (χ1v) is 11.9. The zero-order valence-corrected chi connectivity index (χ0v) is 20.3. The van der Waals surface area contributed by atoms with Gasteiger partial charge in [-0.3, -0.25) is 4.79 Å². The molecule has 1 aliphatic heterocycles. The molecule has 1 saturated heterocycles. The monoisotopic (exact) mass is 486 g/mol. The fraction of sp³-hybridized carbons (Fsp3) is 0.400. The SMILES string of the molecule is Cc1cc([C@@H](C#N)c2ccc(Cl)cc2)c(Cl)cc1NC(=O)CCCCC[C@@H]1NC(=O)N[C@@H]1C. The lowest BCUT2D eigenvalue weighted by atomic mass is 9.91. The van der Waals surface area contributed by atoms with Crippen LogP contribution in [0.2, 0.25) is 10.0 Å². The van der Waals surface area contributed by atoms with Crippen LogP contribution in [0.5, 0.6) is 0 Å². The van der Waals surface area contributed by atoms with E-state index in [0.29, 0.717) is 27.7 Å². The van der Waals surface area contributed by atoms with E-state index >= 15 is 0 Å². The molecule has 2 aromatic rings. The van der Waals surface area contributed by atoms with Crippen molar-refractivity contribution in [3.63, 3.8) is 0 Å². The summed E-state index contributed by atoms with van der Waals surface area (Å²) in [6, 6.07) is 13.2. The predicted molar refractivity (Wildman–Crippen MR) is 132 cm³/mol. The van der Waals surface area contributed by atoms with Crippen LogP contribution in [-0.2, 0) is 4.79 Å². The number of nitriles is 1. The highest BCUT2D eigenvalue weighted by molar-refractivity contribution is 6.32. The number of unbranched alkanes of at least 4 members (excludes halogenated alkanes) is 2. The molecular formula is C25H28Cl2N4O2. The van der Waals surface area contributed by atoms with Crippen LogP contribution in [0, 0.1) is 18.3 Å². The molecule has 0 spiro atoms. The maximum atomic E-state index is 12.4. The fourth-order valence-corrected chi connectivity index (χ4v) is 4.44. The van der Waals surface area contributed by atoms with Gasteiger partial charge in [0, 0.05) is 28.2 Å². The second kappa shape index (κ2) is 11.4. The molecule has 6 nitrogen and oxygen atoms in total. The van der Waals surface area contributed by atoms with Gasteiger partial charge < -0.3 is 16.0 Å². The number of rotatable bonds is 9. The number of amides is 3. The smallest absolute Gasteiger partial charge is 0.315 e. The van der Waals surface area contributed by atoms with Gasteiger partial charge >= 0.3 is 6.03 Å². The summed E-state index contributed by atoms with van der Waals surface area (Å²) in [4.78, 5) is 23.8. The molecule has 0 aliphatic carbocycles. The van der Waals surface area contributed by atoms with E-state index in [1.807, 2.05) is 32.0 Å². The Labute approximate surface area is 204 Å². The van der Waals surface area contributed by atoms with Crippen LogP contribution in [-0.4, -0.2) is 24.0 Å². The molecular weight excluding hydrogens is 459 g/mol. The first-order chi connectivity index (χ1) is 15.8. The number of hydrogen-bond acceptors (Lipinski definition) is 3. The summed E-state index contributed by atoms with van der Waals surface area (Å²) >= 11 is 12.5.